The maximum Gasteiger partial charge on any atom is 0.326 e. The first-order chi connectivity index (χ1) is 8.93. The minimum absolute atomic E-state index is 0.127. The van der Waals surface area contributed by atoms with E-state index in [4.69, 9.17) is 9.47 Å². The molecule has 4 nitrogen and oxygen atoms in total. The fourth-order valence-corrected chi connectivity index (χ4v) is 1.62. The van der Waals surface area contributed by atoms with Gasteiger partial charge < -0.3 is 9.47 Å². The number of halogens is 1. The first-order valence-electron chi connectivity index (χ1n) is 6.17. The Morgan fingerprint density at radius 3 is 2.63 bits per heavy atom. The fraction of sp³-hybridized carbons (Fsp3) is 0.500. The van der Waals surface area contributed by atoms with E-state index in [0.717, 1.165) is 0 Å². The standard InChI is InChI=1S/C14H20FNO3/c1-9(2)16-13(14(17)18-4)8-19-11-5-6-12(15)10(3)7-11/h5-7,9,13,16H,8H2,1-4H3. The lowest BCUT2D eigenvalue weighted by molar-refractivity contribution is -0.144. The van der Waals surface area contributed by atoms with Crippen molar-refractivity contribution in [1.82, 2.24) is 5.32 Å². The summed E-state index contributed by atoms with van der Waals surface area (Å²) in [4.78, 5) is 11.6. The summed E-state index contributed by atoms with van der Waals surface area (Å²) in [5.41, 5.74) is 0.504. The SMILES string of the molecule is COC(=O)C(COc1ccc(F)c(C)c1)NC(C)C. The highest BCUT2D eigenvalue weighted by Crippen LogP contribution is 2.16. The second-order valence-corrected chi connectivity index (χ2v) is 4.62. The number of hydrogen-bond acceptors (Lipinski definition) is 4. The van der Waals surface area contributed by atoms with E-state index < -0.39 is 6.04 Å². The molecule has 5 heteroatoms. The molecule has 0 aliphatic heterocycles. The quantitative estimate of drug-likeness (QED) is 0.803. The van der Waals surface area contributed by atoms with Crippen molar-refractivity contribution in [3.8, 4) is 5.75 Å². The zero-order valence-electron chi connectivity index (χ0n) is 11.7. The van der Waals surface area contributed by atoms with Gasteiger partial charge in [-0.3, -0.25) is 10.1 Å². The molecule has 0 saturated heterocycles. The molecule has 0 saturated carbocycles. The van der Waals surface area contributed by atoms with Crippen LogP contribution in [0.25, 0.3) is 0 Å². The van der Waals surface area contributed by atoms with Crippen molar-refractivity contribution in [3.05, 3.63) is 29.6 Å². The van der Waals surface area contributed by atoms with Gasteiger partial charge in [0.15, 0.2) is 0 Å². The van der Waals surface area contributed by atoms with Crippen LogP contribution in [0.15, 0.2) is 18.2 Å². The van der Waals surface area contributed by atoms with Gasteiger partial charge in [-0.15, -0.1) is 0 Å². The highest BCUT2D eigenvalue weighted by Gasteiger charge is 2.20. The molecule has 0 heterocycles. The summed E-state index contributed by atoms with van der Waals surface area (Å²) >= 11 is 0. The number of esters is 1. The van der Waals surface area contributed by atoms with Crippen molar-refractivity contribution in [1.29, 1.82) is 0 Å². The van der Waals surface area contributed by atoms with Crippen molar-refractivity contribution in [2.24, 2.45) is 0 Å². The summed E-state index contributed by atoms with van der Waals surface area (Å²) in [6.45, 7) is 5.65. The zero-order valence-corrected chi connectivity index (χ0v) is 11.7. The molecule has 0 aliphatic rings. The van der Waals surface area contributed by atoms with Crippen molar-refractivity contribution in [2.45, 2.75) is 32.9 Å². The predicted molar refractivity (Wildman–Crippen MR) is 70.7 cm³/mol. The minimum Gasteiger partial charge on any atom is -0.491 e. The maximum absolute atomic E-state index is 13.1. The highest BCUT2D eigenvalue weighted by molar-refractivity contribution is 5.75. The van der Waals surface area contributed by atoms with Gasteiger partial charge in [0, 0.05) is 6.04 Å². The second kappa shape index (κ2) is 7.09. The summed E-state index contributed by atoms with van der Waals surface area (Å²) in [6, 6.07) is 4.05. The Hall–Kier alpha value is -1.62. The Morgan fingerprint density at radius 1 is 1.42 bits per heavy atom. The number of aryl methyl sites for hydroxylation is 1. The van der Waals surface area contributed by atoms with Crippen LogP contribution in [-0.2, 0) is 9.53 Å². The molecule has 0 radical (unpaired) electrons. The summed E-state index contributed by atoms with van der Waals surface area (Å²) in [7, 11) is 1.33. The molecule has 0 amide bonds. The largest absolute Gasteiger partial charge is 0.491 e. The van der Waals surface area contributed by atoms with Crippen LogP contribution in [0.5, 0.6) is 5.75 Å². The average molecular weight is 269 g/mol. The van der Waals surface area contributed by atoms with E-state index in [1.54, 1.807) is 13.0 Å². The first kappa shape index (κ1) is 15.4. The Balaban J connectivity index is 2.64. The molecule has 1 aromatic carbocycles. The lowest BCUT2D eigenvalue weighted by Gasteiger charge is -2.19. The highest BCUT2D eigenvalue weighted by atomic mass is 19.1. The van der Waals surface area contributed by atoms with Crippen LogP contribution in [0.4, 0.5) is 4.39 Å². The summed E-state index contributed by atoms with van der Waals surface area (Å²) < 4.78 is 23.3. The van der Waals surface area contributed by atoms with Gasteiger partial charge in [-0.1, -0.05) is 13.8 Å². The van der Waals surface area contributed by atoms with Crippen LogP contribution < -0.4 is 10.1 Å². The second-order valence-electron chi connectivity index (χ2n) is 4.62. The molecule has 0 aliphatic carbocycles. The third-order valence-corrected chi connectivity index (χ3v) is 2.57. The number of hydrogen-bond donors (Lipinski definition) is 1. The van der Waals surface area contributed by atoms with Gasteiger partial charge in [0.25, 0.3) is 0 Å². The Bertz CT molecular complexity index is 435. The molecule has 1 unspecified atom stereocenters. The Labute approximate surface area is 112 Å². The van der Waals surface area contributed by atoms with E-state index in [2.05, 4.69) is 5.32 Å². The van der Waals surface area contributed by atoms with E-state index in [9.17, 15) is 9.18 Å². The van der Waals surface area contributed by atoms with Gasteiger partial charge in [-0.2, -0.15) is 0 Å². The van der Waals surface area contributed by atoms with Crippen molar-refractivity contribution < 1.29 is 18.7 Å². The van der Waals surface area contributed by atoms with Gasteiger partial charge in [0.05, 0.1) is 7.11 Å². The number of ether oxygens (including phenoxy) is 2. The van der Waals surface area contributed by atoms with Crippen LogP contribution in [-0.4, -0.2) is 31.8 Å². The third kappa shape index (κ3) is 4.87. The van der Waals surface area contributed by atoms with Gasteiger partial charge in [-0.25, -0.2) is 4.39 Å². The molecule has 0 fully saturated rings. The van der Waals surface area contributed by atoms with E-state index in [0.29, 0.717) is 11.3 Å². The van der Waals surface area contributed by atoms with Gasteiger partial charge in [-0.05, 0) is 30.7 Å². The lowest BCUT2D eigenvalue weighted by Crippen LogP contribution is -2.45. The van der Waals surface area contributed by atoms with Crippen molar-refractivity contribution >= 4 is 5.97 Å². The molecule has 0 bridgehead atoms. The molecular weight excluding hydrogens is 249 g/mol. The number of nitrogens with one attached hydrogen (secondary N) is 1. The number of benzene rings is 1. The maximum atomic E-state index is 13.1. The van der Waals surface area contributed by atoms with Crippen LogP contribution in [0.1, 0.15) is 19.4 Å². The van der Waals surface area contributed by atoms with Crippen LogP contribution >= 0.6 is 0 Å². The van der Waals surface area contributed by atoms with E-state index in [1.807, 2.05) is 13.8 Å². The minimum atomic E-state index is -0.546. The number of rotatable bonds is 6. The van der Waals surface area contributed by atoms with E-state index in [-0.39, 0.29) is 24.4 Å². The molecule has 0 aromatic heterocycles. The third-order valence-electron chi connectivity index (χ3n) is 2.57. The lowest BCUT2D eigenvalue weighted by atomic mass is 10.2. The smallest absolute Gasteiger partial charge is 0.326 e. The van der Waals surface area contributed by atoms with Gasteiger partial charge in [0.2, 0.25) is 0 Å². The van der Waals surface area contributed by atoms with Crippen molar-refractivity contribution in [3.63, 3.8) is 0 Å². The summed E-state index contributed by atoms with van der Waals surface area (Å²) in [5, 5.41) is 3.05. The van der Waals surface area contributed by atoms with Crippen LogP contribution in [0, 0.1) is 12.7 Å². The molecule has 106 valence electrons. The molecule has 1 N–H and O–H groups in total. The predicted octanol–water partition coefficient (Wildman–Crippen LogP) is 2.05. The molecule has 1 aromatic rings. The zero-order chi connectivity index (χ0) is 14.4. The number of carbonyl (C=O) groups is 1. The van der Waals surface area contributed by atoms with E-state index in [1.165, 1.54) is 19.2 Å². The molecule has 1 atom stereocenters. The molecule has 0 spiro atoms. The molecule has 19 heavy (non-hydrogen) atoms. The monoisotopic (exact) mass is 269 g/mol. The van der Waals surface area contributed by atoms with Gasteiger partial charge in [0.1, 0.15) is 24.2 Å². The fourth-order valence-electron chi connectivity index (χ4n) is 1.62. The number of carbonyl (C=O) groups excluding carboxylic acids is 1. The topological polar surface area (TPSA) is 47.6 Å². The van der Waals surface area contributed by atoms with Crippen LogP contribution in [0.3, 0.4) is 0 Å². The first-order valence-corrected chi connectivity index (χ1v) is 6.17. The Morgan fingerprint density at radius 2 is 2.11 bits per heavy atom. The molecule has 1 rings (SSSR count). The average Bonchev–Trinajstić information content (AvgIpc) is 2.37. The van der Waals surface area contributed by atoms with Crippen molar-refractivity contribution in [2.75, 3.05) is 13.7 Å². The van der Waals surface area contributed by atoms with E-state index >= 15 is 0 Å². The van der Waals surface area contributed by atoms with Crippen LogP contribution in [0.2, 0.25) is 0 Å². The molecular formula is C14H20FNO3. The van der Waals surface area contributed by atoms with Gasteiger partial charge >= 0.3 is 5.97 Å². The Kier molecular flexibility index (Phi) is 5.76. The summed E-state index contributed by atoms with van der Waals surface area (Å²) in [6.07, 6.45) is 0. The summed E-state index contributed by atoms with van der Waals surface area (Å²) in [5.74, 6) is -0.136. The number of methoxy groups -OCH3 is 1. The normalized spacial score (nSPS) is 12.3.